The molecule has 0 saturated carbocycles. The van der Waals surface area contributed by atoms with E-state index in [-0.39, 0.29) is 6.04 Å². The van der Waals surface area contributed by atoms with Gasteiger partial charge in [-0.05, 0) is 46.1 Å². The fraction of sp³-hybridized carbons (Fsp3) is 0.333. The summed E-state index contributed by atoms with van der Waals surface area (Å²) in [5.41, 5.74) is 3.76. The molecule has 2 rings (SSSR count). The molecule has 96 valence electrons. The summed E-state index contributed by atoms with van der Waals surface area (Å²) in [7, 11) is 0. The maximum absolute atomic E-state index is 5.33. The van der Waals surface area contributed by atoms with E-state index in [4.69, 9.17) is 4.42 Å². The quantitative estimate of drug-likeness (QED) is 0.890. The second-order valence-electron chi connectivity index (χ2n) is 4.24. The molecule has 0 radical (unpaired) electrons. The van der Waals surface area contributed by atoms with Gasteiger partial charge in [0.2, 0.25) is 0 Å². The number of furan rings is 1. The third-order valence-electron chi connectivity index (χ3n) is 3.09. The van der Waals surface area contributed by atoms with Gasteiger partial charge in [0.1, 0.15) is 0 Å². The summed E-state index contributed by atoms with van der Waals surface area (Å²) >= 11 is 3.46. The molecular weight excluding hydrogens is 290 g/mol. The zero-order valence-corrected chi connectivity index (χ0v) is 12.3. The van der Waals surface area contributed by atoms with Crippen molar-refractivity contribution in [2.45, 2.75) is 26.3 Å². The number of benzene rings is 1. The Morgan fingerprint density at radius 1 is 1.17 bits per heavy atom. The number of hydrogen-bond donors (Lipinski definition) is 1. The Hall–Kier alpha value is -1.06. The van der Waals surface area contributed by atoms with Crippen molar-refractivity contribution in [1.82, 2.24) is 5.32 Å². The summed E-state index contributed by atoms with van der Waals surface area (Å²) in [6, 6.07) is 10.9. The molecule has 1 atom stereocenters. The number of hydrogen-bond acceptors (Lipinski definition) is 2. The average molecular weight is 308 g/mol. The van der Waals surface area contributed by atoms with Gasteiger partial charge in [-0.15, -0.1) is 0 Å². The van der Waals surface area contributed by atoms with E-state index < -0.39 is 0 Å². The molecule has 18 heavy (non-hydrogen) atoms. The monoisotopic (exact) mass is 307 g/mol. The van der Waals surface area contributed by atoms with Crippen molar-refractivity contribution < 1.29 is 4.42 Å². The highest BCUT2D eigenvalue weighted by Crippen LogP contribution is 2.29. The third kappa shape index (κ3) is 2.85. The molecule has 0 aliphatic carbocycles. The second-order valence-corrected chi connectivity index (χ2v) is 4.96. The molecule has 0 spiro atoms. The lowest BCUT2D eigenvalue weighted by molar-refractivity contribution is 0.526. The van der Waals surface area contributed by atoms with E-state index in [1.165, 1.54) is 11.1 Å². The Labute approximate surface area is 117 Å². The van der Waals surface area contributed by atoms with Crippen molar-refractivity contribution in [2.75, 3.05) is 6.54 Å². The fourth-order valence-electron chi connectivity index (χ4n) is 2.07. The predicted molar refractivity (Wildman–Crippen MR) is 77.7 cm³/mol. The zero-order chi connectivity index (χ0) is 13.0. The third-order valence-corrected chi connectivity index (χ3v) is 3.73. The minimum atomic E-state index is 0.175. The molecular formula is C15H18BrNO. The second kappa shape index (κ2) is 6.21. The molecule has 0 aliphatic rings. The standard InChI is InChI=1S/C15H18BrNO/c1-3-11-5-7-12(8-6-11)14(17-4-2)13-9-10-18-15(13)16/h5-10,14,17H,3-4H2,1-2H3. The van der Waals surface area contributed by atoms with Crippen LogP contribution in [0.15, 0.2) is 45.7 Å². The zero-order valence-electron chi connectivity index (χ0n) is 10.7. The van der Waals surface area contributed by atoms with Crippen LogP contribution in [0.5, 0.6) is 0 Å². The van der Waals surface area contributed by atoms with Crippen molar-refractivity contribution in [2.24, 2.45) is 0 Å². The first-order chi connectivity index (χ1) is 8.76. The topological polar surface area (TPSA) is 25.2 Å². The molecule has 1 N–H and O–H groups in total. The van der Waals surface area contributed by atoms with Crippen LogP contribution in [-0.4, -0.2) is 6.54 Å². The first-order valence-corrected chi connectivity index (χ1v) is 7.10. The van der Waals surface area contributed by atoms with Crippen molar-refractivity contribution in [3.8, 4) is 0 Å². The van der Waals surface area contributed by atoms with Gasteiger partial charge in [0.25, 0.3) is 0 Å². The van der Waals surface area contributed by atoms with Crippen LogP contribution in [0.3, 0.4) is 0 Å². The van der Waals surface area contributed by atoms with E-state index in [9.17, 15) is 0 Å². The van der Waals surface area contributed by atoms with Crippen LogP contribution in [0, 0.1) is 0 Å². The molecule has 0 saturated heterocycles. The molecule has 0 bridgehead atoms. The van der Waals surface area contributed by atoms with Crippen LogP contribution in [0.1, 0.15) is 36.6 Å². The number of halogens is 1. The van der Waals surface area contributed by atoms with E-state index in [1.54, 1.807) is 6.26 Å². The number of nitrogens with one attached hydrogen (secondary N) is 1. The maximum atomic E-state index is 5.33. The van der Waals surface area contributed by atoms with E-state index in [2.05, 4.69) is 59.4 Å². The SMILES string of the molecule is CCNC(c1ccc(CC)cc1)c1ccoc1Br. The normalized spacial score (nSPS) is 12.6. The van der Waals surface area contributed by atoms with Crippen molar-refractivity contribution in [3.05, 3.63) is 58.0 Å². The highest BCUT2D eigenvalue weighted by atomic mass is 79.9. The molecule has 1 aromatic carbocycles. The maximum Gasteiger partial charge on any atom is 0.174 e. The lowest BCUT2D eigenvalue weighted by Crippen LogP contribution is -2.21. The van der Waals surface area contributed by atoms with Gasteiger partial charge in [-0.2, -0.15) is 0 Å². The number of aryl methyl sites for hydroxylation is 1. The van der Waals surface area contributed by atoms with E-state index in [0.29, 0.717) is 0 Å². The Bertz CT molecular complexity index is 489. The smallest absolute Gasteiger partial charge is 0.174 e. The van der Waals surface area contributed by atoms with Crippen LogP contribution >= 0.6 is 15.9 Å². The lowest BCUT2D eigenvalue weighted by atomic mass is 9.99. The van der Waals surface area contributed by atoms with Crippen molar-refractivity contribution in [3.63, 3.8) is 0 Å². The fourth-order valence-corrected chi connectivity index (χ4v) is 2.54. The summed E-state index contributed by atoms with van der Waals surface area (Å²) in [6.45, 7) is 5.20. The van der Waals surface area contributed by atoms with Crippen LogP contribution < -0.4 is 5.32 Å². The first-order valence-electron chi connectivity index (χ1n) is 6.31. The van der Waals surface area contributed by atoms with Gasteiger partial charge in [-0.3, -0.25) is 0 Å². The van der Waals surface area contributed by atoms with Gasteiger partial charge in [0.15, 0.2) is 4.67 Å². The van der Waals surface area contributed by atoms with Gasteiger partial charge in [-0.1, -0.05) is 38.1 Å². The average Bonchev–Trinajstić information content (AvgIpc) is 2.82. The molecule has 0 amide bonds. The van der Waals surface area contributed by atoms with Gasteiger partial charge < -0.3 is 9.73 Å². The highest BCUT2D eigenvalue weighted by Gasteiger charge is 2.17. The van der Waals surface area contributed by atoms with Crippen molar-refractivity contribution >= 4 is 15.9 Å². The molecule has 1 heterocycles. The van der Waals surface area contributed by atoms with Crippen molar-refractivity contribution in [1.29, 1.82) is 0 Å². The van der Waals surface area contributed by atoms with Crippen LogP contribution in [0.4, 0.5) is 0 Å². The molecule has 1 unspecified atom stereocenters. The predicted octanol–water partition coefficient (Wildman–Crippen LogP) is 4.30. The first kappa shape index (κ1) is 13.4. The summed E-state index contributed by atoms with van der Waals surface area (Å²) in [4.78, 5) is 0. The van der Waals surface area contributed by atoms with E-state index in [0.717, 1.165) is 23.2 Å². The molecule has 3 heteroatoms. The largest absolute Gasteiger partial charge is 0.457 e. The molecule has 2 aromatic rings. The van der Waals surface area contributed by atoms with E-state index in [1.807, 2.05) is 6.07 Å². The van der Waals surface area contributed by atoms with Gasteiger partial charge in [0.05, 0.1) is 12.3 Å². The Morgan fingerprint density at radius 2 is 1.89 bits per heavy atom. The minimum Gasteiger partial charge on any atom is -0.457 e. The Balaban J connectivity index is 2.32. The lowest BCUT2D eigenvalue weighted by Gasteiger charge is -2.17. The van der Waals surface area contributed by atoms with Crippen LogP contribution in [-0.2, 0) is 6.42 Å². The van der Waals surface area contributed by atoms with Crippen LogP contribution in [0.2, 0.25) is 0 Å². The molecule has 0 fully saturated rings. The Kier molecular flexibility index (Phi) is 4.61. The highest BCUT2D eigenvalue weighted by molar-refractivity contribution is 9.10. The summed E-state index contributed by atoms with van der Waals surface area (Å²) in [5, 5.41) is 3.49. The van der Waals surface area contributed by atoms with Gasteiger partial charge in [-0.25, -0.2) is 0 Å². The summed E-state index contributed by atoms with van der Waals surface area (Å²) in [5.74, 6) is 0. The molecule has 1 aromatic heterocycles. The van der Waals surface area contributed by atoms with Gasteiger partial charge >= 0.3 is 0 Å². The number of rotatable bonds is 5. The molecule has 0 aliphatic heterocycles. The summed E-state index contributed by atoms with van der Waals surface area (Å²) < 4.78 is 6.13. The molecule has 2 nitrogen and oxygen atoms in total. The van der Waals surface area contributed by atoms with Gasteiger partial charge in [0, 0.05) is 5.56 Å². The summed E-state index contributed by atoms with van der Waals surface area (Å²) in [6.07, 6.45) is 2.78. The minimum absolute atomic E-state index is 0.175. The van der Waals surface area contributed by atoms with E-state index >= 15 is 0 Å². The Morgan fingerprint density at radius 3 is 2.39 bits per heavy atom. The van der Waals surface area contributed by atoms with Crippen LogP contribution in [0.25, 0.3) is 0 Å².